The summed E-state index contributed by atoms with van der Waals surface area (Å²) in [6.45, 7) is 5.74. The maximum atomic E-state index is 12.6. The molecule has 2 aromatic carbocycles. The minimum atomic E-state index is -0.581. The average Bonchev–Trinajstić information content (AvgIpc) is 2.55. The molecule has 0 saturated carbocycles. The third-order valence-corrected chi connectivity index (χ3v) is 4.28. The molecule has 0 aliphatic heterocycles. The molecule has 0 fully saturated rings. The van der Waals surface area contributed by atoms with Gasteiger partial charge in [-0.3, -0.25) is 4.79 Å². The van der Waals surface area contributed by atoms with Gasteiger partial charge in [-0.1, -0.05) is 67.6 Å². The number of amides is 1. The summed E-state index contributed by atoms with van der Waals surface area (Å²) in [4.78, 5) is 12.6. The van der Waals surface area contributed by atoms with Crippen molar-refractivity contribution in [2.24, 2.45) is 11.7 Å². The van der Waals surface area contributed by atoms with E-state index in [1.807, 2.05) is 81.4 Å². The summed E-state index contributed by atoms with van der Waals surface area (Å²) in [5, 5.41) is 3.19. The van der Waals surface area contributed by atoms with E-state index in [0.717, 1.165) is 11.1 Å². The molecule has 0 bridgehead atoms. The van der Waals surface area contributed by atoms with Gasteiger partial charge in [0.05, 0.1) is 5.54 Å². The lowest BCUT2D eigenvalue weighted by atomic mass is 9.84. The minimum Gasteiger partial charge on any atom is -0.342 e. The quantitative estimate of drug-likeness (QED) is 0.880. The summed E-state index contributed by atoms with van der Waals surface area (Å²) >= 11 is 0. The Kier molecular flexibility index (Phi) is 6.79. The maximum Gasteiger partial charge on any atom is 0.225 e. The summed E-state index contributed by atoms with van der Waals surface area (Å²) in [7, 11) is 0. The van der Waals surface area contributed by atoms with E-state index in [-0.39, 0.29) is 30.3 Å². The van der Waals surface area contributed by atoms with Gasteiger partial charge in [0.25, 0.3) is 0 Å². The van der Waals surface area contributed by atoms with Crippen molar-refractivity contribution in [2.45, 2.75) is 32.4 Å². The van der Waals surface area contributed by atoms with Crippen LogP contribution in [0.25, 0.3) is 0 Å². The van der Waals surface area contributed by atoms with Gasteiger partial charge in [0.2, 0.25) is 5.91 Å². The van der Waals surface area contributed by atoms with Crippen LogP contribution in [0.15, 0.2) is 60.7 Å². The zero-order chi connectivity index (χ0) is 16.2. The number of carbonyl (C=O) groups excluding carboxylic acids is 1. The van der Waals surface area contributed by atoms with Crippen LogP contribution in [0.4, 0.5) is 0 Å². The average molecular weight is 333 g/mol. The van der Waals surface area contributed by atoms with Crippen LogP contribution >= 0.6 is 12.4 Å². The first-order valence-electron chi connectivity index (χ1n) is 7.64. The third-order valence-electron chi connectivity index (χ3n) is 4.28. The van der Waals surface area contributed by atoms with Gasteiger partial charge < -0.3 is 11.1 Å². The van der Waals surface area contributed by atoms with Gasteiger partial charge in [0.1, 0.15) is 0 Å². The van der Waals surface area contributed by atoms with Gasteiger partial charge >= 0.3 is 0 Å². The van der Waals surface area contributed by atoms with Crippen molar-refractivity contribution in [3.05, 3.63) is 71.8 Å². The molecule has 0 aliphatic rings. The van der Waals surface area contributed by atoms with Crippen molar-refractivity contribution in [1.29, 1.82) is 0 Å². The molecule has 2 atom stereocenters. The molecule has 0 aliphatic carbocycles. The molecule has 124 valence electrons. The second-order valence-corrected chi connectivity index (χ2v) is 5.99. The van der Waals surface area contributed by atoms with Gasteiger partial charge in [-0.05, 0) is 25.0 Å². The lowest BCUT2D eigenvalue weighted by Gasteiger charge is -2.34. The lowest BCUT2D eigenvalue weighted by Crippen LogP contribution is -2.49. The lowest BCUT2D eigenvalue weighted by molar-refractivity contribution is -0.126. The van der Waals surface area contributed by atoms with Crippen molar-refractivity contribution in [3.8, 4) is 0 Å². The fourth-order valence-corrected chi connectivity index (χ4v) is 2.45. The molecule has 2 aromatic rings. The van der Waals surface area contributed by atoms with Gasteiger partial charge in [-0.25, -0.2) is 0 Å². The van der Waals surface area contributed by atoms with Crippen LogP contribution in [0.5, 0.6) is 0 Å². The van der Waals surface area contributed by atoms with E-state index in [0.29, 0.717) is 0 Å². The summed E-state index contributed by atoms with van der Waals surface area (Å²) < 4.78 is 0. The van der Waals surface area contributed by atoms with E-state index in [1.54, 1.807) is 0 Å². The van der Waals surface area contributed by atoms with Crippen molar-refractivity contribution in [3.63, 3.8) is 0 Å². The molecule has 3 N–H and O–H groups in total. The Morgan fingerprint density at radius 3 is 1.70 bits per heavy atom. The Bertz CT molecular complexity index is 574. The van der Waals surface area contributed by atoms with Gasteiger partial charge in [-0.2, -0.15) is 0 Å². The largest absolute Gasteiger partial charge is 0.342 e. The summed E-state index contributed by atoms with van der Waals surface area (Å²) in [5.41, 5.74) is 7.39. The van der Waals surface area contributed by atoms with E-state index in [1.165, 1.54) is 0 Å². The number of hydrogen-bond donors (Lipinski definition) is 2. The van der Waals surface area contributed by atoms with Crippen LogP contribution in [0.1, 0.15) is 31.9 Å². The van der Waals surface area contributed by atoms with Crippen molar-refractivity contribution in [2.75, 3.05) is 0 Å². The van der Waals surface area contributed by atoms with E-state index in [4.69, 9.17) is 5.73 Å². The predicted molar refractivity (Wildman–Crippen MR) is 97.5 cm³/mol. The normalized spacial score (nSPS) is 13.6. The monoisotopic (exact) mass is 332 g/mol. The second kappa shape index (κ2) is 8.14. The maximum absolute atomic E-state index is 12.6. The SMILES string of the molecule is CC(N)C(C)C(=O)NC(C)(c1ccccc1)c1ccccc1.Cl. The molecular formula is C19H25ClN2O. The minimum absolute atomic E-state index is 0. The predicted octanol–water partition coefficient (Wildman–Crippen LogP) is 3.47. The highest BCUT2D eigenvalue weighted by molar-refractivity contribution is 5.85. The first kappa shape index (κ1) is 19.2. The Hall–Kier alpha value is -1.84. The number of nitrogens with two attached hydrogens (primary N) is 1. The van der Waals surface area contributed by atoms with E-state index in [2.05, 4.69) is 5.32 Å². The Labute approximate surface area is 144 Å². The number of rotatable bonds is 5. The Balaban J connectivity index is 0.00000264. The molecule has 2 rings (SSSR count). The summed E-state index contributed by atoms with van der Waals surface area (Å²) in [6, 6.07) is 19.8. The molecule has 2 unspecified atom stereocenters. The summed E-state index contributed by atoms with van der Waals surface area (Å²) in [5.74, 6) is -0.281. The highest BCUT2D eigenvalue weighted by Gasteiger charge is 2.32. The van der Waals surface area contributed by atoms with Gasteiger partial charge in [0.15, 0.2) is 0 Å². The van der Waals surface area contributed by atoms with Crippen LogP contribution in [-0.2, 0) is 10.3 Å². The molecular weight excluding hydrogens is 308 g/mol. The van der Waals surface area contributed by atoms with E-state index >= 15 is 0 Å². The zero-order valence-corrected chi connectivity index (χ0v) is 14.6. The number of benzene rings is 2. The van der Waals surface area contributed by atoms with Crippen molar-refractivity contribution < 1.29 is 4.79 Å². The molecule has 0 heterocycles. The molecule has 23 heavy (non-hydrogen) atoms. The molecule has 0 saturated heterocycles. The first-order valence-corrected chi connectivity index (χ1v) is 7.64. The van der Waals surface area contributed by atoms with Crippen LogP contribution in [0.3, 0.4) is 0 Å². The summed E-state index contributed by atoms with van der Waals surface area (Å²) in [6.07, 6.45) is 0. The van der Waals surface area contributed by atoms with E-state index in [9.17, 15) is 4.79 Å². The highest BCUT2D eigenvalue weighted by Crippen LogP contribution is 2.29. The number of hydrogen-bond acceptors (Lipinski definition) is 2. The topological polar surface area (TPSA) is 55.1 Å². The standard InChI is InChI=1S/C19H24N2O.ClH/c1-14(15(2)20)18(22)21-19(3,16-10-6-4-7-11-16)17-12-8-5-9-13-17;/h4-15H,20H2,1-3H3,(H,21,22);1H. The zero-order valence-electron chi connectivity index (χ0n) is 13.8. The Morgan fingerprint density at radius 1 is 0.957 bits per heavy atom. The Morgan fingerprint density at radius 2 is 1.35 bits per heavy atom. The fourth-order valence-electron chi connectivity index (χ4n) is 2.45. The molecule has 0 aromatic heterocycles. The highest BCUT2D eigenvalue weighted by atomic mass is 35.5. The first-order chi connectivity index (χ1) is 10.4. The van der Waals surface area contributed by atoms with E-state index < -0.39 is 5.54 Å². The molecule has 1 amide bonds. The molecule has 4 heteroatoms. The number of halogens is 1. The van der Waals surface area contributed by atoms with Crippen LogP contribution in [-0.4, -0.2) is 11.9 Å². The molecule has 0 spiro atoms. The molecule has 3 nitrogen and oxygen atoms in total. The second-order valence-electron chi connectivity index (χ2n) is 5.99. The van der Waals surface area contributed by atoms with Crippen LogP contribution < -0.4 is 11.1 Å². The van der Waals surface area contributed by atoms with Gasteiger partial charge in [-0.15, -0.1) is 12.4 Å². The smallest absolute Gasteiger partial charge is 0.225 e. The van der Waals surface area contributed by atoms with Crippen LogP contribution in [0.2, 0.25) is 0 Å². The third kappa shape index (κ3) is 4.34. The number of carbonyl (C=O) groups is 1. The van der Waals surface area contributed by atoms with Gasteiger partial charge in [0, 0.05) is 12.0 Å². The fraction of sp³-hybridized carbons (Fsp3) is 0.316. The van der Waals surface area contributed by atoms with Crippen molar-refractivity contribution >= 4 is 18.3 Å². The number of nitrogens with one attached hydrogen (secondary N) is 1. The van der Waals surface area contributed by atoms with Crippen LogP contribution in [0, 0.1) is 5.92 Å². The van der Waals surface area contributed by atoms with Crippen molar-refractivity contribution in [1.82, 2.24) is 5.32 Å². The molecule has 0 radical (unpaired) electrons.